The number of rotatable bonds is 7. The van der Waals surface area contributed by atoms with Crippen LogP contribution in [0.1, 0.15) is 20.3 Å². The molecule has 1 N–H and O–H groups in total. The van der Waals surface area contributed by atoms with Gasteiger partial charge < -0.3 is 15.0 Å². The molecule has 4 nitrogen and oxygen atoms in total. The van der Waals surface area contributed by atoms with Crippen LogP contribution in [0.3, 0.4) is 0 Å². The number of anilines is 1. The van der Waals surface area contributed by atoms with E-state index in [-0.39, 0.29) is 11.8 Å². The number of methoxy groups -OCH3 is 1. The third kappa shape index (κ3) is 4.20. The number of nitrogens with one attached hydrogen (secondary N) is 1. The number of carbonyl (C=O) groups excluding carboxylic acids is 1. The van der Waals surface area contributed by atoms with Crippen molar-refractivity contribution in [2.24, 2.45) is 0 Å². The van der Waals surface area contributed by atoms with Gasteiger partial charge in [0.1, 0.15) is 11.4 Å². The van der Waals surface area contributed by atoms with E-state index in [1.807, 2.05) is 25.8 Å². The smallest absolute Gasteiger partial charge is 0.325 e. The van der Waals surface area contributed by atoms with Crippen molar-refractivity contribution in [3.63, 3.8) is 0 Å². The molecule has 1 aromatic carbocycles. The monoisotopic (exact) mass is 282 g/mol. The van der Waals surface area contributed by atoms with Gasteiger partial charge in [-0.25, -0.2) is 4.39 Å². The molecule has 0 spiro atoms. The van der Waals surface area contributed by atoms with Crippen LogP contribution in [-0.2, 0) is 9.53 Å². The number of halogens is 1. The van der Waals surface area contributed by atoms with E-state index in [0.29, 0.717) is 19.5 Å². The summed E-state index contributed by atoms with van der Waals surface area (Å²) >= 11 is 0. The first-order valence-corrected chi connectivity index (χ1v) is 6.73. The molecular formula is C15H23FN2O2. The highest BCUT2D eigenvalue weighted by atomic mass is 19.1. The number of esters is 1. The Morgan fingerprint density at radius 2 is 2.00 bits per heavy atom. The fraction of sp³-hybridized carbons (Fsp3) is 0.533. The molecule has 5 heteroatoms. The molecule has 0 aliphatic heterocycles. The molecule has 1 rings (SSSR count). The molecule has 0 fully saturated rings. The van der Waals surface area contributed by atoms with Gasteiger partial charge in [-0.2, -0.15) is 0 Å². The first-order valence-electron chi connectivity index (χ1n) is 6.73. The average molecular weight is 282 g/mol. The summed E-state index contributed by atoms with van der Waals surface area (Å²) < 4.78 is 17.7. The second kappa shape index (κ2) is 7.24. The van der Waals surface area contributed by atoms with Crippen molar-refractivity contribution in [1.82, 2.24) is 5.32 Å². The molecule has 0 saturated heterocycles. The van der Waals surface area contributed by atoms with Crippen LogP contribution >= 0.6 is 0 Å². The molecule has 1 aromatic rings. The van der Waals surface area contributed by atoms with Crippen molar-refractivity contribution in [1.29, 1.82) is 0 Å². The molecule has 20 heavy (non-hydrogen) atoms. The second-order valence-corrected chi connectivity index (χ2v) is 5.00. The molecule has 0 aliphatic carbocycles. The van der Waals surface area contributed by atoms with Crippen LogP contribution in [0.15, 0.2) is 24.3 Å². The normalized spacial score (nSPS) is 13.7. The van der Waals surface area contributed by atoms with Gasteiger partial charge in [0.2, 0.25) is 0 Å². The lowest BCUT2D eigenvalue weighted by Gasteiger charge is -2.30. The molecule has 0 saturated carbocycles. The van der Waals surface area contributed by atoms with E-state index in [0.717, 1.165) is 5.69 Å². The number of nitrogens with zero attached hydrogens (tertiary/aromatic N) is 1. The van der Waals surface area contributed by atoms with Crippen molar-refractivity contribution in [3.05, 3.63) is 30.1 Å². The van der Waals surface area contributed by atoms with E-state index in [1.54, 1.807) is 12.1 Å². The van der Waals surface area contributed by atoms with Crippen LogP contribution in [-0.4, -0.2) is 38.8 Å². The van der Waals surface area contributed by atoms with Crippen molar-refractivity contribution >= 4 is 11.7 Å². The zero-order valence-corrected chi connectivity index (χ0v) is 12.6. The van der Waals surface area contributed by atoms with Crippen LogP contribution in [0.5, 0.6) is 0 Å². The molecule has 112 valence electrons. The molecule has 0 heterocycles. The Labute approximate surface area is 119 Å². The Morgan fingerprint density at radius 3 is 2.50 bits per heavy atom. The van der Waals surface area contributed by atoms with Gasteiger partial charge >= 0.3 is 5.97 Å². The van der Waals surface area contributed by atoms with Gasteiger partial charge in [-0.15, -0.1) is 0 Å². The number of carbonyl (C=O) groups is 1. The summed E-state index contributed by atoms with van der Waals surface area (Å²) in [4.78, 5) is 13.8. The highest BCUT2D eigenvalue weighted by Gasteiger charge is 2.33. The minimum atomic E-state index is -0.711. The summed E-state index contributed by atoms with van der Waals surface area (Å²) in [5, 5.41) is 3.16. The standard InChI is InChI=1S/C15H23FN2O2/c1-5-17-15(2,14(19)20-4)10-11-18(3)13-8-6-12(16)7-9-13/h6-9,17H,5,10-11H2,1-4H3. The van der Waals surface area contributed by atoms with Gasteiger partial charge in [-0.1, -0.05) is 6.92 Å². The van der Waals surface area contributed by atoms with Crippen molar-refractivity contribution in [3.8, 4) is 0 Å². The Balaban J connectivity index is 2.67. The number of likely N-dealkylation sites (N-methyl/N-ethyl adjacent to an activating group) is 1. The van der Waals surface area contributed by atoms with Crippen molar-refractivity contribution in [2.75, 3.05) is 32.1 Å². The van der Waals surface area contributed by atoms with Gasteiger partial charge in [0, 0.05) is 19.3 Å². The van der Waals surface area contributed by atoms with Gasteiger partial charge in [0.15, 0.2) is 0 Å². The first kappa shape index (κ1) is 16.4. The quantitative estimate of drug-likeness (QED) is 0.778. The Hall–Kier alpha value is -1.62. The summed E-state index contributed by atoms with van der Waals surface area (Å²) in [5.41, 5.74) is 0.202. The predicted molar refractivity (Wildman–Crippen MR) is 78.4 cm³/mol. The van der Waals surface area contributed by atoms with Crippen LogP contribution in [0, 0.1) is 5.82 Å². The Kier molecular flexibility index (Phi) is 5.95. The zero-order valence-electron chi connectivity index (χ0n) is 12.6. The lowest BCUT2D eigenvalue weighted by molar-refractivity contribution is -0.148. The minimum absolute atomic E-state index is 0.255. The number of benzene rings is 1. The lowest BCUT2D eigenvalue weighted by Crippen LogP contribution is -2.51. The first-order chi connectivity index (χ1) is 9.42. The Morgan fingerprint density at radius 1 is 1.40 bits per heavy atom. The lowest BCUT2D eigenvalue weighted by atomic mass is 9.97. The van der Waals surface area contributed by atoms with Crippen LogP contribution < -0.4 is 10.2 Å². The van der Waals surface area contributed by atoms with Gasteiger partial charge in [0.25, 0.3) is 0 Å². The topological polar surface area (TPSA) is 41.6 Å². The van der Waals surface area contributed by atoms with Crippen LogP contribution in [0.4, 0.5) is 10.1 Å². The average Bonchev–Trinajstić information content (AvgIpc) is 2.45. The zero-order chi connectivity index (χ0) is 15.2. The molecule has 0 radical (unpaired) electrons. The molecular weight excluding hydrogens is 259 g/mol. The summed E-state index contributed by atoms with van der Waals surface area (Å²) in [6, 6.07) is 6.29. The van der Waals surface area contributed by atoms with Crippen molar-refractivity contribution in [2.45, 2.75) is 25.8 Å². The fourth-order valence-electron chi connectivity index (χ4n) is 2.09. The minimum Gasteiger partial charge on any atom is -0.468 e. The van der Waals surface area contributed by atoms with E-state index in [9.17, 15) is 9.18 Å². The maximum Gasteiger partial charge on any atom is 0.325 e. The molecule has 0 aliphatic rings. The van der Waals surface area contributed by atoms with E-state index in [1.165, 1.54) is 19.2 Å². The SMILES string of the molecule is CCNC(C)(CCN(C)c1ccc(F)cc1)C(=O)OC. The third-order valence-corrected chi connectivity index (χ3v) is 3.42. The van der Waals surface area contributed by atoms with E-state index < -0.39 is 5.54 Å². The van der Waals surface area contributed by atoms with E-state index >= 15 is 0 Å². The molecule has 0 bridgehead atoms. The summed E-state index contributed by atoms with van der Waals surface area (Å²) in [5.74, 6) is -0.527. The Bertz CT molecular complexity index is 436. The van der Waals surface area contributed by atoms with E-state index in [2.05, 4.69) is 5.32 Å². The number of hydrogen-bond acceptors (Lipinski definition) is 4. The maximum atomic E-state index is 12.9. The maximum absolute atomic E-state index is 12.9. The highest BCUT2D eigenvalue weighted by Crippen LogP contribution is 2.17. The summed E-state index contributed by atoms with van der Waals surface area (Å²) in [6.45, 7) is 5.13. The second-order valence-electron chi connectivity index (χ2n) is 5.00. The molecule has 1 atom stereocenters. The fourth-order valence-corrected chi connectivity index (χ4v) is 2.09. The van der Waals surface area contributed by atoms with Gasteiger partial charge in [0.05, 0.1) is 7.11 Å². The summed E-state index contributed by atoms with van der Waals surface area (Å²) in [7, 11) is 3.30. The van der Waals surface area contributed by atoms with Gasteiger partial charge in [-0.05, 0) is 44.2 Å². The molecule has 1 unspecified atom stereocenters. The summed E-state index contributed by atoms with van der Waals surface area (Å²) in [6.07, 6.45) is 0.599. The van der Waals surface area contributed by atoms with Gasteiger partial charge in [-0.3, -0.25) is 4.79 Å². The van der Waals surface area contributed by atoms with Crippen molar-refractivity contribution < 1.29 is 13.9 Å². The van der Waals surface area contributed by atoms with Crippen LogP contribution in [0.2, 0.25) is 0 Å². The predicted octanol–water partition coefficient (Wildman–Crippen LogP) is 2.19. The molecule has 0 amide bonds. The van der Waals surface area contributed by atoms with Crippen LogP contribution in [0.25, 0.3) is 0 Å². The van der Waals surface area contributed by atoms with E-state index in [4.69, 9.17) is 4.74 Å². The number of hydrogen-bond donors (Lipinski definition) is 1. The number of ether oxygens (including phenoxy) is 1. The third-order valence-electron chi connectivity index (χ3n) is 3.42. The largest absolute Gasteiger partial charge is 0.468 e. The highest BCUT2D eigenvalue weighted by molar-refractivity contribution is 5.80. The molecule has 0 aromatic heterocycles.